The van der Waals surface area contributed by atoms with E-state index in [0.717, 1.165) is 36.0 Å². The van der Waals surface area contributed by atoms with Crippen LogP contribution in [0.1, 0.15) is 62.6 Å². The van der Waals surface area contributed by atoms with E-state index in [0.29, 0.717) is 5.92 Å². The molecular formula is C18H28FN. The van der Waals surface area contributed by atoms with Crippen molar-refractivity contribution in [3.05, 3.63) is 34.6 Å². The van der Waals surface area contributed by atoms with Gasteiger partial charge in [0.1, 0.15) is 5.82 Å². The summed E-state index contributed by atoms with van der Waals surface area (Å²) in [6, 6.07) is 3.81. The van der Waals surface area contributed by atoms with E-state index in [2.05, 4.69) is 26.8 Å². The Morgan fingerprint density at radius 1 is 1.15 bits per heavy atom. The molecule has 3 unspecified atom stereocenters. The van der Waals surface area contributed by atoms with Crippen LogP contribution in [0.15, 0.2) is 12.1 Å². The van der Waals surface area contributed by atoms with Gasteiger partial charge in [-0.25, -0.2) is 4.39 Å². The Morgan fingerprint density at radius 3 is 2.35 bits per heavy atom. The molecule has 1 saturated carbocycles. The Bertz CT molecular complexity index is 464. The van der Waals surface area contributed by atoms with Crippen molar-refractivity contribution in [2.24, 2.45) is 17.1 Å². The molecule has 3 atom stereocenters. The lowest BCUT2D eigenvalue weighted by Crippen LogP contribution is -2.38. The minimum absolute atomic E-state index is 0.0718. The molecule has 1 fully saturated rings. The van der Waals surface area contributed by atoms with Gasteiger partial charge in [0.2, 0.25) is 0 Å². The quantitative estimate of drug-likeness (QED) is 0.791. The molecule has 112 valence electrons. The van der Waals surface area contributed by atoms with Crippen molar-refractivity contribution in [1.29, 1.82) is 0 Å². The van der Waals surface area contributed by atoms with Crippen molar-refractivity contribution in [1.82, 2.24) is 0 Å². The van der Waals surface area contributed by atoms with E-state index in [1.165, 1.54) is 0 Å². The van der Waals surface area contributed by atoms with Crippen LogP contribution >= 0.6 is 0 Å². The molecule has 1 aromatic carbocycles. The van der Waals surface area contributed by atoms with E-state index in [1.54, 1.807) is 6.07 Å². The highest BCUT2D eigenvalue weighted by molar-refractivity contribution is 5.36. The number of hydrogen-bond acceptors (Lipinski definition) is 1. The predicted octanol–water partition coefficient (Wildman–Crippen LogP) is 4.70. The van der Waals surface area contributed by atoms with E-state index in [9.17, 15) is 4.39 Å². The zero-order valence-corrected chi connectivity index (χ0v) is 13.5. The van der Waals surface area contributed by atoms with Crippen LogP contribution in [0.4, 0.5) is 4.39 Å². The normalized spacial score (nSPS) is 27.6. The monoisotopic (exact) mass is 277 g/mol. The van der Waals surface area contributed by atoms with E-state index >= 15 is 0 Å². The fraction of sp³-hybridized carbons (Fsp3) is 0.667. The van der Waals surface area contributed by atoms with Gasteiger partial charge in [-0.1, -0.05) is 26.8 Å². The highest BCUT2D eigenvalue weighted by Gasteiger charge is 2.36. The highest BCUT2D eigenvalue weighted by atomic mass is 19.1. The number of nitrogens with two attached hydrogens (primary N) is 1. The second kappa shape index (κ2) is 5.48. The Balaban J connectivity index is 2.35. The van der Waals surface area contributed by atoms with Gasteiger partial charge < -0.3 is 5.73 Å². The van der Waals surface area contributed by atoms with Crippen molar-refractivity contribution >= 4 is 0 Å². The first kappa shape index (κ1) is 15.5. The van der Waals surface area contributed by atoms with Gasteiger partial charge in [-0.3, -0.25) is 0 Å². The lowest BCUT2D eigenvalue weighted by molar-refractivity contribution is 0.152. The van der Waals surface area contributed by atoms with Crippen LogP contribution in [-0.4, -0.2) is 6.04 Å². The summed E-state index contributed by atoms with van der Waals surface area (Å²) in [7, 11) is 0. The van der Waals surface area contributed by atoms with Crippen molar-refractivity contribution in [3.8, 4) is 0 Å². The van der Waals surface area contributed by atoms with Crippen LogP contribution in [0.5, 0.6) is 0 Å². The van der Waals surface area contributed by atoms with Crippen molar-refractivity contribution in [2.45, 2.75) is 65.8 Å². The van der Waals surface area contributed by atoms with Crippen molar-refractivity contribution < 1.29 is 4.39 Å². The second-order valence-electron chi connectivity index (χ2n) is 7.62. The Labute approximate surface area is 122 Å². The summed E-state index contributed by atoms with van der Waals surface area (Å²) in [6.45, 7) is 10.8. The van der Waals surface area contributed by atoms with Crippen molar-refractivity contribution in [3.63, 3.8) is 0 Å². The molecule has 1 aliphatic rings. The Morgan fingerprint density at radius 2 is 1.80 bits per heavy atom. The molecule has 0 radical (unpaired) electrons. The van der Waals surface area contributed by atoms with Gasteiger partial charge in [0.25, 0.3) is 0 Å². The number of benzene rings is 1. The Kier molecular flexibility index (Phi) is 4.24. The van der Waals surface area contributed by atoms with Crippen LogP contribution in [0.2, 0.25) is 0 Å². The van der Waals surface area contributed by atoms with Gasteiger partial charge in [-0.05, 0) is 67.2 Å². The molecule has 20 heavy (non-hydrogen) atoms. The molecule has 0 amide bonds. The fourth-order valence-corrected chi connectivity index (χ4v) is 3.71. The minimum atomic E-state index is -0.0718. The molecule has 0 aliphatic heterocycles. The van der Waals surface area contributed by atoms with Gasteiger partial charge in [-0.15, -0.1) is 0 Å². The first-order valence-electron chi connectivity index (χ1n) is 7.72. The minimum Gasteiger partial charge on any atom is -0.327 e. The molecule has 2 rings (SSSR count). The molecule has 0 spiro atoms. The van der Waals surface area contributed by atoms with Crippen LogP contribution in [0.3, 0.4) is 0 Å². The average molecular weight is 277 g/mol. The summed E-state index contributed by atoms with van der Waals surface area (Å²) < 4.78 is 14.4. The molecule has 2 heteroatoms. The number of halogens is 1. The third-order valence-corrected chi connectivity index (χ3v) is 4.98. The standard InChI is InChI=1S/C18H28FN/c1-11-8-12(2)17(15(19)9-11)14-10-13(18(3,4)5)6-7-16(14)20/h8-9,13-14,16H,6-7,10,20H2,1-5H3. The molecular weight excluding hydrogens is 249 g/mol. The SMILES string of the molecule is Cc1cc(C)c(C2CC(C(C)(C)C)CCC2N)c(F)c1. The first-order valence-corrected chi connectivity index (χ1v) is 7.72. The zero-order chi connectivity index (χ0) is 15.1. The van der Waals surface area contributed by atoms with Crippen LogP contribution < -0.4 is 5.73 Å². The maximum atomic E-state index is 14.4. The lowest BCUT2D eigenvalue weighted by Gasteiger charge is -2.41. The highest BCUT2D eigenvalue weighted by Crippen LogP contribution is 2.44. The smallest absolute Gasteiger partial charge is 0.127 e. The summed E-state index contributed by atoms with van der Waals surface area (Å²) in [4.78, 5) is 0. The van der Waals surface area contributed by atoms with Crippen molar-refractivity contribution in [2.75, 3.05) is 0 Å². The average Bonchev–Trinajstić information content (AvgIpc) is 2.28. The summed E-state index contributed by atoms with van der Waals surface area (Å²) in [6.07, 6.45) is 3.17. The first-order chi connectivity index (χ1) is 9.20. The summed E-state index contributed by atoms with van der Waals surface area (Å²) in [5, 5.41) is 0. The second-order valence-corrected chi connectivity index (χ2v) is 7.62. The van der Waals surface area contributed by atoms with Gasteiger partial charge in [0.15, 0.2) is 0 Å². The maximum Gasteiger partial charge on any atom is 0.127 e. The molecule has 1 aliphatic carbocycles. The Hall–Kier alpha value is -0.890. The molecule has 1 aromatic rings. The molecule has 1 nitrogen and oxygen atoms in total. The summed E-state index contributed by atoms with van der Waals surface area (Å²) in [5.41, 5.74) is 9.50. The lowest BCUT2D eigenvalue weighted by atomic mass is 9.65. The largest absolute Gasteiger partial charge is 0.327 e. The topological polar surface area (TPSA) is 26.0 Å². The molecule has 0 heterocycles. The van der Waals surface area contributed by atoms with E-state index in [-0.39, 0.29) is 23.2 Å². The fourth-order valence-electron chi connectivity index (χ4n) is 3.71. The maximum absolute atomic E-state index is 14.4. The van der Waals surface area contributed by atoms with Gasteiger partial charge >= 0.3 is 0 Å². The third kappa shape index (κ3) is 3.06. The number of aryl methyl sites for hydroxylation is 2. The number of hydrogen-bond donors (Lipinski definition) is 1. The van der Waals surface area contributed by atoms with E-state index in [4.69, 9.17) is 5.73 Å². The third-order valence-electron chi connectivity index (χ3n) is 4.98. The molecule has 0 bridgehead atoms. The molecule has 0 aromatic heterocycles. The summed E-state index contributed by atoms with van der Waals surface area (Å²) in [5.74, 6) is 0.707. The zero-order valence-electron chi connectivity index (χ0n) is 13.5. The van der Waals surface area contributed by atoms with E-state index in [1.807, 2.05) is 13.8 Å². The van der Waals surface area contributed by atoms with Gasteiger partial charge in [0.05, 0.1) is 0 Å². The van der Waals surface area contributed by atoms with Gasteiger partial charge in [-0.2, -0.15) is 0 Å². The van der Waals surface area contributed by atoms with Gasteiger partial charge in [0, 0.05) is 12.0 Å². The number of rotatable bonds is 1. The van der Waals surface area contributed by atoms with Crippen LogP contribution in [0.25, 0.3) is 0 Å². The van der Waals surface area contributed by atoms with Crippen LogP contribution in [-0.2, 0) is 0 Å². The molecule has 0 saturated heterocycles. The van der Waals surface area contributed by atoms with E-state index < -0.39 is 0 Å². The predicted molar refractivity (Wildman–Crippen MR) is 83.4 cm³/mol. The summed E-state index contributed by atoms with van der Waals surface area (Å²) >= 11 is 0. The molecule has 2 N–H and O–H groups in total. The van der Waals surface area contributed by atoms with Crippen LogP contribution in [0, 0.1) is 31.0 Å².